The van der Waals surface area contributed by atoms with E-state index in [9.17, 15) is 10.2 Å². The quantitative estimate of drug-likeness (QED) is 0.413. The van der Waals surface area contributed by atoms with Crippen molar-refractivity contribution in [3.05, 3.63) is 0 Å². The van der Waals surface area contributed by atoms with Gasteiger partial charge in [0, 0.05) is 11.5 Å². The number of hydrogen-bond acceptors (Lipinski definition) is 4. The molecule has 2 N–H and O–H groups in total. The standard InChI is InChI=1S/C8H22O2S2Si2/c1-13(2)7(9)5-11-12-6-8(10)14(3)4/h7-10,13-14H,5-6H2,1-4H3. The van der Waals surface area contributed by atoms with Crippen molar-refractivity contribution in [1.29, 1.82) is 0 Å². The van der Waals surface area contributed by atoms with Crippen molar-refractivity contribution in [2.75, 3.05) is 11.5 Å². The number of aliphatic hydroxyl groups excluding tert-OH is 2. The number of aliphatic hydroxyl groups is 2. The SMILES string of the molecule is C[SiH](C)C(O)CSSCC(O)[SiH](C)C. The second kappa shape index (κ2) is 8.23. The third kappa shape index (κ3) is 7.36. The van der Waals surface area contributed by atoms with Gasteiger partial charge >= 0.3 is 0 Å². The minimum absolute atomic E-state index is 0.0825. The monoisotopic (exact) mass is 270 g/mol. The Balaban J connectivity index is 3.38. The fraction of sp³-hybridized carbons (Fsp3) is 1.00. The second-order valence-electron chi connectivity index (χ2n) is 4.19. The highest BCUT2D eigenvalue weighted by atomic mass is 33.1. The molecule has 0 aliphatic heterocycles. The van der Waals surface area contributed by atoms with Crippen molar-refractivity contribution >= 4 is 39.2 Å². The lowest BCUT2D eigenvalue weighted by Crippen LogP contribution is -2.27. The van der Waals surface area contributed by atoms with Gasteiger partial charge < -0.3 is 10.2 Å². The summed E-state index contributed by atoms with van der Waals surface area (Å²) in [5.41, 5.74) is -0.165. The predicted octanol–water partition coefficient (Wildman–Crippen LogP) is 1.14. The lowest BCUT2D eigenvalue weighted by atomic mass is 10.9. The van der Waals surface area contributed by atoms with E-state index in [1.165, 1.54) is 0 Å². The molecule has 0 saturated heterocycles. The van der Waals surface area contributed by atoms with Gasteiger partial charge in [-0.15, -0.1) is 0 Å². The largest absolute Gasteiger partial charge is 0.396 e. The lowest BCUT2D eigenvalue weighted by molar-refractivity contribution is 0.272. The molecule has 0 spiro atoms. The van der Waals surface area contributed by atoms with Gasteiger partial charge in [0.05, 0.1) is 29.0 Å². The molecule has 0 aliphatic rings. The van der Waals surface area contributed by atoms with Crippen LogP contribution in [0.1, 0.15) is 0 Å². The van der Waals surface area contributed by atoms with E-state index in [0.717, 1.165) is 11.5 Å². The van der Waals surface area contributed by atoms with Gasteiger partial charge in [-0.1, -0.05) is 47.8 Å². The first kappa shape index (κ1) is 15.1. The number of rotatable bonds is 7. The van der Waals surface area contributed by atoms with Crippen molar-refractivity contribution in [2.24, 2.45) is 0 Å². The zero-order chi connectivity index (χ0) is 11.1. The van der Waals surface area contributed by atoms with Crippen LogP contribution in [0.3, 0.4) is 0 Å². The molecule has 0 bridgehead atoms. The lowest BCUT2D eigenvalue weighted by Gasteiger charge is -2.14. The summed E-state index contributed by atoms with van der Waals surface area (Å²) < 4.78 is 0. The molecule has 0 saturated carbocycles. The first-order valence-corrected chi connectivity index (χ1v) is 13.5. The Morgan fingerprint density at radius 1 is 0.857 bits per heavy atom. The zero-order valence-electron chi connectivity index (χ0n) is 9.43. The Morgan fingerprint density at radius 2 is 1.14 bits per heavy atom. The Bertz CT molecular complexity index is 131. The van der Waals surface area contributed by atoms with Crippen LogP contribution in [0.15, 0.2) is 0 Å². The van der Waals surface area contributed by atoms with Crippen LogP contribution >= 0.6 is 21.6 Å². The highest BCUT2D eigenvalue weighted by Gasteiger charge is 2.13. The fourth-order valence-electron chi connectivity index (χ4n) is 0.621. The Kier molecular flexibility index (Phi) is 8.85. The van der Waals surface area contributed by atoms with Crippen LogP contribution in [0.4, 0.5) is 0 Å². The highest BCUT2D eigenvalue weighted by molar-refractivity contribution is 8.76. The molecular formula is C8H22O2S2Si2. The Hall–Kier alpha value is 1.05. The van der Waals surface area contributed by atoms with Gasteiger partial charge in [-0.05, 0) is 0 Å². The van der Waals surface area contributed by atoms with Crippen molar-refractivity contribution in [3.63, 3.8) is 0 Å². The van der Waals surface area contributed by atoms with Crippen molar-refractivity contribution in [1.82, 2.24) is 0 Å². The molecule has 0 heterocycles. The van der Waals surface area contributed by atoms with Crippen LogP contribution < -0.4 is 0 Å². The van der Waals surface area contributed by atoms with Gasteiger partial charge in [-0.2, -0.15) is 0 Å². The summed E-state index contributed by atoms with van der Waals surface area (Å²) in [5, 5.41) is 19.1. The Morgan fingerprint density at radius 3 is 1.36 bits per heavy atom. The summed E-state index contributed by atoms with van der Waals surface area (Å²) in [6, 6.07) is 0. The maximum atomic E-state index is 9.57. The molecule has 6 heteroatoms. The minimum Gasteiger partial charge on any atom is -0.396 e. The van der Waals surface area contributed by atoms with Gasteiger partial charge in [-0.3, -0.25) is 0 Å². The number of hydrogen-bond donors (Lipinski definition) is 2. The van der Waals surface area contributed by atoms with Gasteiger partial charge in [0.15, 0.2) is 0 Å². The van der Waals surface area contributed by atoms with Crippen molar-refractivity contribution < 1.29 is 10.2 Å². The fourth-order valence-corrected chi connectivity index (χ4v) is 7.00. The van der Waals surface area contributed by atoms with Gasteiger partial charge in [-0.25, -0.2) is 0 Å². The molecule has 0 amide bonds. The van der Waals surface area contributed by atoms with E-state index < -0.39 is 17.6 Å². The van der Waals surface area contributed by atoms with Gasteiger partial charge in [0.25, 0.3) is 0 Å². The summed E-state index contributed by atoms with van der Waals surface area (Å²) in [6.45, 7) is 8.63. The molecule has 2 nitrogen and oxygen atoms in total. The molecule has 0 rings (SSSR count). The third-order valence-electron chi connectivity index (χ3n) is 2.10. The molecular weight excluding hydrogens is 248 g/mol. The Labute approximate surface area is 98.5 Å². The first-order chi connectivity index (χ1) is 6.45. The molecule has 86 valence electrons. The molecule has 0 aromatic heterocycles. The van der Waals surface area contributed by atoms with Crippen LogP contribution in [-0.4, -0.2) is 50.8 Å². The molecule has 0 fully saturated rings. The molecule has 2 atom stereocenters. The van der Waals surface area contributed by atoms with Crippen molar-refractivity contribution in [2.45, 2.75) is 37.6 Å². The predicted molar refractivity (Wildman–Crippen MR) is 74.7 cm³/mol. The van der Waals surface area contributed by atoms with E-state index in [4.69, 9.17) is 0 Å². The van der Waals surface area contributed by atoms with Crippen LogP contribution in [0.25, 0.3) is 0 Å². The summed E-state index contributed by atoms with van der Waals surface area (Å²) >= 11 is 0. The molecule has 14 heavy (non-hydrogen) atoms. The molecule has 0 aliphatic carbocycles. The van der Waals surface area contributed by atoms with Gasteiger partial charge in [0.2, 0.25) is 0 Å². The summed E-state index contributed by atoms with van der Waals surface area (Å²) in [4.78, 5) is 0. The van der Waals surface area contributed by atoms with Crippen LogP contribution in [0, 0.1) is 0 Å². The first-order valence-electron chi connectivity index (χ1n) is 5.05. The normalized spacial score (nSPS) is 16.3. The molecule has 0 radical (unpaired) electrons. The molecule has 2 unspecified atom stereocenters. The second-order valence-corrected chi connectivity index (χ2v) is 13.3. The topological polar surface area (TPSA) is 40.5 Å². The van der Waals surface area contributed by atoms with Gasteiger partial charge in [0.1, 0.15) is 0 Å². The van der Waals surface area contributed by atoms with E-state index in [0.29, 0.717) is 0 Å². The van der Waals surface area contributed by atoms with Crippen LogP contribution in [0.2, 0.25) is 26.2 Å². The average Bonchev–Trinajstić information content (AvgIpc) is 2.11. The van der Waals surface area contributed by atoms with E-state index >= 15 is 0 Å². The smallest absolute Gasteiger partial charge is 0.0663 e. The van der Waals surface area contributed by atoms with E-state index in [2.05, 4.69) is 26.2 Å². The summed E-state index contributed by atoms with van der Waals surface area (Å²) in [6.07, 6.45) is 0. The van der Waals surface area contributed by atoms with Crippen LogP contribution in [0.5, 0.6) is 0 Å². The van der Waals surface area contributed by atoms with Crippen molar-refractivity contribution in [3.8, 4) is 0 Å². The molecule has 0 aromatic rings. The highest BCUT2D eigenvalue weighted by Crippen LogP contribution is 2.23. The molecule has 0 aromatic carbocycles. The van der Waals surface area contributed by atoms with E-state index in [-0.39, 0.29) is 11.5 Å². The maximum Gasteiger partial charge on any atom is 0.0663 e. The third-order valence-corrected chi connectivity index (χ3v) is 8.77. The summed E-state index contributed by atoms with van der Waals surface area (Å²) in [5.74, 6) is 1.64. The average molecular weight is 271 g/mol. The van der Waals surface area contributed by atoms with E-state index in [1.54, 1.807) is 21.6 Å². The maximum absolute atomic E-state index is 9.57. The van der Waals surface area contributed by atoms with Crippen LogP contribution in [-0.2, 0) is 0 Å². The summed E-state index contributed by atoms with van der Waals surface area (Å²) in [7, 11) is 1.63. The van der Waals surface area contributed by atoms with E-state index in [1.807, 2.05) is 0 Å². The minimum atomic E-state index is -0.884. The zero-order valence-corrected chi connectivity index (χ0v) is 13.4.